The Morgan fingerprint density at radius 3 is 2.53 bits per heavy atom. The van der Waals surface area contributed by atoms with Crippen molar-refractivity contribution in [3.05, 3.63) is 35.8 Å². The summed E-state index contributed by atoms with van der Waals surface area (Å²) in [7, 11) is 0. The van der Waals surface area contributed by atoms with Crippen LogP contribution in [0.25, 0.3) is 10.9 Å². The Kier molecular flexibility index (Phi) is 5.30. The number of amides is 1. The van der Waals surface area contributed by atoms with Crippen LogP contribution < -0.4 is 4.90 Å². The van der Waals surface area contributed by atoms with Crippen LogP contribution in [0.4, 0.5) is 10.1 Å². The van der Waals surface area contributed by atoms with Gasteiger partial charge in [-0.05, 0) is 18.2 Å². The molecule has 9 heteroatoms. The standard InChI is InChI=1S/C21H24FN3O4S/c22-15-1-2-18-16(13-15)19(24-5-3-21(4-6-24)28-9-10-29-21)17(14-23-18)20(26)25-7-11-30(27)12-8-25/h1-2,13-14H,3-12H2. The number of nitrogens with zero attached hydrogens (tertiary/aromatic N) is 3. The van der Waals surface area contributed by atoms with Crippen molar-refractivity contribution in [1.29, 1.82) is 0 Å². The lowest BCUT2D eigenvalue weighted by Gasteiger charge is -2.40. The highest BCUT2D eigenvalue weighted by molar-refractivity contribution is 7.91. The maximum absolute atomic E-state index is 14.1. The summed E-state index contributed by atoms with van der Waals surface area (Å²) < 4.78 is 37.5. The Balaban J connectivity index is 1.52. The molecule has 30 heavy (non-hydrogen) atoms. The minimum Gasteiger partial charge on any atom is -0.616 e. The van der Waals surface area contributed by atoms with Gasteiger partial charge in [-0.1, -0.05) is 11.2 Å². The van der Waals surface area contributed by atoms with Crippen LogP contribution in [0.15, 0.2) is 24.4 Å². The van der Waals surface area contributed by atoms with Gasteiger partial charge in [-0.2, -0.15) is 0 Å². The Morgan fingerprint density at radius 1 is 1.13 bits per heavy atom. The molecule has 3 saturated heterocycles. The first kappa shape index (κ1) is 20.0. The van der Waals surface area contributed by atoms with Gasteiger partial charge < -0.3 is 23.8 Å². The molecule has 160 valence electrons. The van der Waals surface area contributed by atoms with Crippen molar-refractivity contribution in [2.75, 3.05) is 55.8 Å². The lowest BCUT2D eigenvalue weighted by molar-refractivity contribution is -0.169. The zero-order valence-corrected chi connectivity index (χ0v) is 17.5. The predicted octanol–water partition coefficient (Wildman–Crippen LogP) is 1.92. The van der Waals surface area contributed by atoms with E-state index in [1.54, 1.807) is 17.2 Å². The molecule has 3 aliphatic heterocycles. The summed E-state index contributed by atoms with van der Waals surface area (Å²) in [6.07, 6.45) is 2.96. The number of hydrogen-bond donors (Lipinski definition) is 0. The van der Waals surface area contributed by atoms with Gasteiger partial charge in [0.25, 0.3) is 5.91 Å². The van der Waals surface area contributed by atoms with Gasteiger partial charge >= 0.3 is 0 Å². The van der Waals surface area contributed by atoms with Crippen molar-refractivity contribution in [2.24, 2.45) is 0 Å². The van der Waals surface area contributed by atoms with E-state index in [4.69, 9.17) is 9.47 Å². The zero-order chi connectivity index (χ0) is 20.7. The summed E-state index contributed by atoms with van der Waals surface area (Å²) in [4.78, 5) is 21.6. The van der Waals surface area contributed by atoms with E-state index in [0.29, 0.717) is 85.9 Å². The molecule has 0 unspecified atom stereocenters. The predicted molar refractivity (Wildman–Crippen MR) is 112 cm³/mol. The number of piperidine rings is 1. The molecule has 5 rings (SSSR count). The average molecular weight is 434 g/mol. The fourth-order valence-electron chi connectivity index (χ4n) is 4.52. The number of halogens is 1. The van der Waals surface area contributed by atoms with Crippen LogP contribution in [0, 0.1) is 5.82 Å². The molecule has 3 aliphatic rings. The number of pyridine rings is 1. The molecule has 0 saturated carbocycles. The van der Waals surface area contributed by atoms with Crippen molar-refractivity contribution in [2.45, 2.75) is 18.6 Å². The summed E-state index contributed by atoms with van der Waals surface area (Å²) >= 11 is -0.871. The van der Waals surface area contributed by atoms with Gasteiger partial charge in [0.05, 0.1) is 43.1 Å². The lowest BCUT2D eigenvalue weighted by Crippen LogP contribution is -2.47. The number of hydrogen-bond acceptors (Lipinski definition) is 6. The first-order valence-electron chi connectivity index (χ1n) is 10.3. The molecule has 3 fully saturated rings. The number of rotatable bonds is 2. The molecule has 0 radical (unpaired) electrons. The molecule has 1 amide bonds. The highest BCUT2D eigenvalue weighted by Gasteiger charge is 2.41. The van der Waals surface area contributed by atoms with Gasteiger partial charge in [0.1, 0.15) is 17.3 Å². The van der Waals surface area contributed by atoms with Gasteiger partial charge in [-0.15, -0.1) is 0 Å². The molecule has 1 aromatic carbocycles. The van der Waals surface area contributed by atoms with Crippen LogP contribution in [0.3, 0.4) is 0 Å². The van der Waals surface area contributed by atoms with E-state index in [-0.39, 0.29) is 11.7 Å². The third-order valence-electron chi connectivity index (χ3n) is 6.15. The number of carbonyl (C=O) groups is 1. The number of ether oxygens (including phenoxy) is 2. The number of carbonyl (C=O) groups excluding carboxylic acids is 1. The smallest absolute Gasteiger partial charge is 0.257 e. The third kappa shape index (κ3) is 3.64. The fraction of sp³-hybridized carbons (Fsp3) is 0.524. The minimum absolute atomic E-state index is 0.144. The second-order valence-electron chi connectivity index (χ2n) is 7.92. The van der Waals surface area contributed by atoms with E-state index in [1.807, 2.05) is 0 Å². The van der Waals surface area contributed by atoms with Crippen LogP contribution in [0.1, 0.15) is 23.2 Å². The topological polar surface area (TPSA) is 78.0 Å². The van der Waals surface area contributed by atoms with Crippen LogP contribution >= 0.6 is 0 Å². The summed E-state index contributed by atoms with van der Waals surface area (Å²) in [5, 5.41) is 0.630. The Labute approximate surface area is 177 Å². The monoisotopic (exact) mass is 433 g/mol. The van der Waals surface area contributed by atoms with Gasteiger partial charge in [0, 0.05) is 37.5 Å². The van der Waals surface area contributed by atoms with Gasteiger partial charge in [-0.25, -0.2) is 4.39 Å². The van der Waals surface area contributed by atoms with Gasteiger partial charge in [0.2, 0.25) is 0 Å². The van der Waals surface area contributed by atoms with Crippen LogP contribution in [-0.4, -0.2) is 77.0 Å². The molecule has 2 aromatic rings. The molecular weight excluding hydrogens is 409 g/mol. The van der Waals surface area contributed by atoms with E-state index in [0.717, 1.165) is 0 Å². The highest BCUT2D eigenvalue weighted by atomic mass is 32.2. The maximum atomic E-state index is 14.1. The summed E-state index contributed by atoms with van der Waals surface area (Å²) in [5.41, 5.74) is 1.82. The largest absolute Gasteiger partial charge is 0.616 e. The van der Waals surface area contributed by atoms with Crippen molar-refractivity contribution in [1.82, 2.24) is 9.88 Å². The van der Waals surface area contributed by atoms with E-state index >= 15 is 0 Å². The summed E-state index contributed by atoms with van der Waals surface area (Å²) in [5.74, 6) is -0.0746. The molecule has 4 heterocycles. The highest BCUT2D eigenvalue weighted by Crippen LogP contribution is 2.37. The summed E-state index contributed by atoms with van der Waals surface area (Å²) in [6, 6.07) is 4.47. The second-order valence-corrected chi connectivity index (χ2v) is 9.61. The first-order chi connectivity index (χ1) is 14.5. The number of anilines is 1. The molecular formula is C21H24FN3O4S. The Morgan fingerprint density at radius 2 is 1.83 bits per heavy atom. The molecule has 1 spiro atoms. The fourth-order valence-corrected chi connectivity index (χ4v) is 5.57. The van der Waals surface area contributed by atoms with Crippen molar-refractivity contribution in [3.63, 3.8) is 0 Å². The van der Waals surface area contributed by atoms with E-state index < -0.39 is 17.0 Å². The number of benzene rings is 1. The number of fused-ring (bicyclic) bond motifs is 1. The normalized spacial score (nSPS) is 22.2. The van der Waals surface area contributed by atoms with Gasteiger partial charge in [-0.3, -0.25) is 9.78 Å². The molecule has 0 bridgehead atoms. The quantitative estimate of drug-likeness (QED) is 0.674. The Hall–Kier alpha value is -1.94. The summed E-state index contributed by atoms with van der Waals surface area (Å²) in [6.45, 7) is 3.39. The third-order valence-corrected chi connectivity index (χ3v) is 7.43. The van der Waals surface area contributed by atoms with E-state index in [9.17, 15) is 13.7 Å². The van der Waals surface area contributed by atoms with Crippen molar-refractivity contribution < 1.29 is 23.2 Å². The molecule has 0 N–H and O–H groups in total. The average Bonchev–Trinajstić information content (AvgIpc) is 3.21. The minimum atomic E-state index is -0.871. The van der Waals surface area contributed by atoms with E-state index in [2.05, 4.69) is 9.88 Å². The molecule has 0 atom stereocenters. The van der Waals surface area contributed by atoms with Crippen LogP contribution in [0.5, 0.6) is 0 Å². The zero-order valence-electron chi connectivity index (χ0n) is 16.6. The van der Waals surface area contributed by atoms with E-state index in [1.165, 1.54) is 12.1 Å². The molecule has 0 aliphatic carbocycles. The lowest BCUT2D eigenvalue weighted by atomic mass is 10.00. The second kappa shape index (κ2) is 7.96. The Bertz CT molecular complexity index is 951. The number of aromatic nitrogens is 1. The van der Waals surface area contributed by atoms with Crippen LogP contribution in [-0.2, 0) is 20.6 Å². The maximum Gasteiger partial charge on any atom is 0.257 e. The first-order valence-corrected chi connectivity index (χ1v) is 11.8. The van der Waals surface area contributed by atoms with Crippen LogP contribution in [0.2, 0.25) is 0 Å². The molecule has 1 aromatic heterocycles. The van der Waals surface area contributed by atoms with Crippen molar-refractivity contribution >= 4 is 33.7 Å². The SMILES string of the molecule is O=C(c1cnc2ccc(F)cc2c1N1CCC2(CC1)OCCO2)N1CC[S+]([O-])CC1. The van der Waals surface area contributed by atoms with Crippen molar-refractivity contribution in [3.8, 4) is 0 Å². The molecule has 7 nitrogen and oxygen atoms in total. The van der Waals surface area contributed by atoms with Gasteiger partial charge in [0.15, 0.2) is 5.79 Å².